The first kappa shape index (κ1) is 15.1. The number of alkyl halides is 2. The minimum absolute atomic E-state index is 0.0474. The van der Waals surface area contributed by atoms with Crippen molar-refractivity contribution in [3.8, 4) is 5.75 Å². The van der Waals surface area contributed by atoms with Gasteiger partial charge in [0.15, 0.2) is 5.69 Å². The maximum absolute atomic E-state index is 13.1. The molecule has 8 heteroatoms. The monoisotopic (exact) mass is 348 g/mol. The standard InChI is InChI=1S/C17H18F2N4O2/c18-16(19)25-10-1-2-11-12(9-10)20-21-14(11)15(24)23-8-7-22-6-5-17(22)4-3-13(17)23/h1-2,9,13,16H,3-8H2,(H,20,21). The molecule has 3 fully saturated rings. The van der Waals surface area contributed by atoms with E-state index in [2.05, 4.69) is 19.8 Å². The molecule has 2 unspecified atom stereocenters. The molecule has 1 amide bonds. The molecule has 5 rings (SSSR count). The molecule has 1 saturated carbocycles. The predicted octanol–water partition coefficient (Wildman–Crippen LogP) is 2.23. The third-order valence-corrected chi connectivity index (χ3v) is 6.13. The highest BCUT2D eigenvalue weighted by molar-refractivity contribution is 6.05. The van der Waals surface area contributed by atoms with Crippen LogP contribution in [-0.2, 0) is 0 Å². The van der Waals surface area contributed by atoms with Gasteiger partial charge in [-0.1, -0.05) is 0 Å². The second kappa shape index (κ2) is 5.14. The van der Waals surface area contributed by atoms with Gasteiger partial charge in [-0.2, -0.15) is 13.9 Å². The lowest BCUT2D eigenvalue weighted by atomic mass is 9.61. The van der Waals surface area contributed by atoms with Gasteiger partial charge in [0, 0.05) is 36.6 Å². The van der Waals surface area contributed by atoms with Gasteiger partial charge in [-0.15, -0.1) is 0 Å². The van der Waals surface area contributed by atoms with Gasteiger partial charge in [-0.3, -0.25) is 14.8 Å². The highest BCUT2D eigenvalue weighted by Crippen LogP contribution is 2.51. The Morgan fingerprint density at radius 2 is 2.20 bits per heavy atom. The fourth-order valence-corrected chi connectivity index (χ4v) is 4.71. The van der Waals surface area contributed by atoms with E-state index in [4.69, 9.17) is 0 Å². The second-order valence-corrected chi connectivity index (χ2v) is 7.05. The average molecular weight is 348 g/mol. The first-order chi connectivity index (χ1) is 12.1. The maximum Gasteiger partial charge on any atom is 0.387 e. The minimum atomic E-state index is -2.88. The Kier molecular flexibility index (Phi) is 3.10. The number of nitrogens with zero attached hydrogens (tertiary/aromatic N) is 3. The first-order valence-corrected chi connectivity index (χ1v) is 8.57. The van der Waals surface area contributed by atoms with Gasteiger partial charge < -0.3 is 9.64 Å². The molecule has 3 aliphatic rings. The molecule has 25 heavy (non-hydrogen) atoms. The number of aromatic nitrogens is 2. The van der Waals surface area contributed by atoms with E-state index in [-0.39, 0.29) is 23.2 Å². The van der Waals surface area contributed by atoms with E-state index in [0.29, 0.717) is 23.1 Å². The van der Waals surface area contributed by atoms with Gasteiger partial charge >= 0.3 is 6.61 Å². The van der Waals surface area contributed by atoms with Crippen molar-refractivity contribution in [1.82, 2.24) is 20.0 Å². The average Bonchev–Trinajstić information content (AvgIpc) is 2.92. The van der Waals surface area contributed by atoms with E-state index in [1.807, 2.05) is 4.90 Å². The van der Waals surface area contributed by atoms with Crippen LogP contribution in [0.5, 0.6) is 5.75 Å². The van der Waals surface area contributed by atoms with Gasteiger partial charge in [0.2, 0.25) is 0 Å². The van der Waals surface area contributed by atoms with E-state index < -0.39 is 6.61 Å². The molecule has 1 aromatic heterocycles. The smallest absolute Gasteiger partial charge is 0.387 e. The molecule has 0 bridgehead atoms. The molecule has 0 radical (unpaired) electrons. The fourth-order valence-electron chi connectivity index (χ4n) is 4.71. The lowest BCUT2D eigenvalue weighted by Crippen LogP contribution is -2.79. The summed E-state index contributed by atoms with van der Waals surface area (Å²) in [6.45, 7) is -0.116. The van der Waals surface area contributed by atoms with Crippen molar-refractivity contribution in [1.29, 1.82) is 0 Å². The summed E-state index contributed by atoms with van der Waals surface area (Å²) in [6.07, 6.45) is 3.37. The summed E-state index contributed by atoms with van der Waals surface area (Å²) in [5.41, 5.74) is 1.08. The van der Waals surface area contributed by atoms with Crippen LogP contribution in [0.25, 0.3) is 10.9 Å². The van der Waals surface area contributed by atoms with Crippen molar-refractivity contribution in [2.75, 3.05) is 19.6 Å². The summed E-state index contributed by atoms with van der Waals surface area (Å²) in [5.74, 6) is -0.0319. The number of carbonyl (C=O) groups excluding carboxylic acids is 1. The third kappa shape index (κ3) is 2.03. The van der Waals surface area contributed by atoms with Gasteiger partial charge in [-0.25, -0.2) is 0 Å². The largest absolute Gasteiger partial charge is 0.435 e. The molecular weight excluding hydrogens is 330 g/mol. The number of carbonyl (C=O) groups is 1. The number of aromatic amines is 1. The number of amides is 1. The molecule has 2 atom stereocenters. The molecular formula is C17H18F2N4O2. The number of H-pyrrole nitrogens is 1. The third-order valence-electron chi connectivity index (χ3n) is 6.13. The maximum atomic E-state index is 13.1. The summed E-state index contributed by atoms with van der Waals surface area (Å²) >= 11 is 0. The number of benzene rings is 1. The Labute approximate surface area is 142 Å². The number of nitrogens with one attached hydrogen (secondary N) is 1. The van der Waals surface area contributed by atoms with Crippen molar-refractivity contribution < 1.29 is 18.3 Å². The Balaban J connectivity index is 1.44. The topological polar surface area (TPSA) is 61.5 Å². The molecule has 1 spiro atoms. The van der Waals surface area contributed by atoms with Gasteiger partial charge in [0.25, 0.3) is 5.91 Å². The predicted molar refractivity (Wildman–Crippen MR) is 85.7 cm³/mol. The Morgan fingerprint density at radius 1 is 1.32 bits per heavy atom. The molecule has 3 heterocycles. The van der Waals surface area contributed by atoms with E-state index in [1.54, 1.807) is 6.07 Å². The van der Waals surface area contributed by atoms with E-state index in [1.165, 1.54) is 12.1 Å². The Hall–Kier alpha value is -2.22. The number of fused-ring (bicyclic) bond motifs is 1. The second-order valence-electron chi connectivity index (χ2n) is 7.05. The van der Waals surface area contributed by atoms with Crippen LogP contribution >= 0.6 is 0 Å². The summed E-state index contributed by atoms with van der Waals surface area (Å²) in [7, 11) is 0. The zero-order chi connectivity index (χ0) is 17.2. The number of hydrogen-bond donors (Lipinski definition) is 1. The molecule has 1 aromatic carbocycles. The van der Waals surface area contributed by atoms with Crippen molar-refractivity contribution in [2.24, 2.45) is 0 Å². The number of piperazine rings is 1. The molecule has 1 aliphatic carbocycles. The summed E-state index contributed by atoms with van der Waals surface area (Å²) < 4.78 is 29.1. The normalized spacial score (nSPS) is 28.3. The van der Waals surface area contributed by atoms with Crippen molar-refractivity contribution in [2.45, 2.75) is 37.5 Å². The van der Waals surface area contributed by atoms with Crippen LogP contribution in [0.1, 0.15) is 29.8 Å². The zero-order valence-electron chi connectivity index (χ0n) is 13.5. The number of halogens is 2. The molecule has 132 valence electrons. The summed E-state index contributed by atoms with van der Waals surface area (Å²) in [5, 5.41) is 7.56. The van der Waals surface area contributed by atoms with Crippen LogP contribution in [-0.4, -0.2) is 63.7 Å². The van der Waals surface area contributed by atoms with Gasteiger partial charge in [0.1, 0.15) is 5.75 Å². The van der Waals surface area contributed by atoms with E-state index >= 15 is 0 Å². The van der Waals surface area contributed by atoms with Crippen LogP contribution < -0.4 is 4.74 Å². The minimum Gasteiger partial charge on any atom is -0.435 e. The number of rotatable bonds is 3. The fraction of sp³-hybridized carbons (Fsp3) is 0.529. The van der Waals surface area contributed by atoms with Crippen LogP contribution in [0.3, 0.4) is 0 Å². The van der Waals surface area contributed by atoms with Crippen molar-refractivity contribution in [3.05, 3.63) is 23.9 Å². The van der Waals surface area contributed by atoms with Crippen molar-refractivity contribution in [3.63, 3.8) is 0 Å². The molecule has 2 aromatic rings. The highest BCUT2D eigenvalue weighted by atomic mass is 19.3. The first-order valence-electron chi connectivity index (χ1n) is 8.57. The van der Waals surface area contributed by atoms with Crippen LogP contribution in [0.2, 0.25) is 0 Å². The Morgan fingerprint density at radius 3 is 2.88 bits per heavy atom. The summed E-state index contributed by atoms with van der Waals surface area (Å²) in [6, 6.07) is 4.77. The molecule has 2 saturated heterocycles. The van der Waals surface area contributed by atoms with E-state index in [9.17, 15) is 13.6 Å². The number of ether oxygens (including phenoxy) is 1. The zero-order valence-corrected chi connectivity index (χ0v) is 13.5. The van der Waals surface area contributed by atoms with Crippen LogP contribution in [0.15, 0.2) is 18.2 Å². The van der Waals surface area contributed by atoms with Crippen molar-refractivity contribution >= 4 is 16.8 Å². The molecule has 1 N–H and O–H groups in total. The lowest BCUT2D eigenvalue weighted by molar-refractivity contribution is -0.161. The SMILES string of the molecule is O=C(c1n[nH]c2cc(OC(F)F)ccc12)N1CCN2CCC23CCC13. The van der Waals surface area contributed by atoms with Crippen LogP contribution in [0, 0.1) is 0 Å². The molecule has 6 nitrogen and oxygen atoms in total. The molecule has 2 aliphatic heterocycles. The van der Waals surface area contributed by atoms with Gasteiger partial charge in [-0.05, 0) is 31.4 Å². The van der Waals surface area contributed by atoms with Crippen LogP contribution in [0.4, 0.5) is 8.78 Å². The van der Waals surface area contributed by atoms with Gasteiger partial charge in [0.05, 0.1) is 11.6 Å². The Bertz CT molecular complexity index is 850. The lowest BCUT2D eigenvalue weighted by Gasteiger charge is -2.68. The summed E-state index contributed by atoms with van der Waals surface area (Å²) in [4.78, 5) is 17.5. The highest BCUT2D eigenvalue weighted by Gasteiger charge is 2.61. The number of hydrogen-bond acceptors (Lipinski definition) is 4. The van der Waals surface area contributed by atoms with E-state index in [0.717, 1.165) is 32.4 Å². The quantitative estimate of drug-likeness (QED) is 0.924.